The van der Waals surface area contributed by atoms with Gasteiger partial charge in [0.15, 0.2) is 0 Å². The lowest BCUT2D eigenvalue weighted by molar-refractivity contribution is -0.146. The number of esters is 2. The van der Waals surface area contributed by atoms with Gasteiger partial charge in [-0.05, 0) is 96.3 Å². The van der Waals surface area contributed by atoms with Crippen molar-refractivity contribution in [2.45, 2.75) is 177 Å². The fourth-order valence-electron chi connectivity index (χ4n) is 5.62. The molecule has 1 aromatic rings. The summed E-state index contributed by atoms with van der Waals surface area (Å²) in [5.74, 6) is 1.67. The van der Waals surface area contributed by atoms with Crippen LogP contribution in [-0.2, 0) is 25.5 Å². The van der Waals surface area contributed by atoms with Crippen LogP contribution in [0.2, 0.25) is 0 Å². The molecular formula is C38H66O6. The van der Waals surface area contributed by atoms with Gasteiger partial charge >= 0.3 is 11.9 Å². The average molecular weight is 619 g/mol. The van der Waals surface area contributed by atoms with Crippen LogP contribution in [0.25, 0.3) is 0 Å². The Hall–Kier alpha value is -2.08. The highest BCUT2D eigenvalue weighted by Crippen LogP contribution is 2.42. The molecule has 1 aliphatic rings. The largest absolute Gasteiger partial charge is 0.490 e. The Balaban J connectivity index is 0.00000123. The molecule has 0 N–H and O–H groups in total. The summed E-state index contributed by atoms with van der Waals surface area (Å²) in [4.78, 5) is 24.0. The highest BCUT2D eigenvalue weighted by molar-refractivity contribution is 5.80. The van der Waals surface area contributed by atoms with E-state index in [1.54, 1.807) is 6.92 Å². The second kappa shape index (κ2) is 23.3. The van der Waals surface area contributed by atoms with E-state index >= 15 is 0 Å². The van der Waals surface area contributed by atoms with Gasteiger partial charge in [-0.2, -0.15) is 0 Å². The number of hydrogen-bond acceptors (Lipinski definition) is 6. The number of carbonyl (C=O) groups is 2. The van der Waals surface area contributed by atoms with E-state index < -0.39 is 5.97 Å². The minimum absolute atomic E-state index is 0.0186. The molecule has 0 spiro atoms. The van der Waals surface area contributed by atoms with Crippen LogP contribution >= 0.6 is 0 Å². The quantitative estimate of drug-likeness (QED) is 0.0822. The second-order valence-electron chi connectivity index (χ2n) is 13.1. The summed E-state index contributed by atoms with van der Waals surface area (Å²) in [5.41, 5.74) is 4.11. The SMILES string of the molecule is CCCOC(C)C.CCOC(=O)CCC(=O)Oc1c(C)c(C)c2c(c1C)CCC(CCCCCCCCCCCC(C)C)O2. The van der Waals surface area contributed by atoms with Gasteiger partial charge in [-0.1, -0.05) is 78.6 Å². The number of unbranched alkanes of at least 4 members (excludes halogenated alkanes) is 8. The van der Waals surface area contributed by atoms with Gasteiger partial charge in [-0.3, -0.25) is 9.59 Å². The molecule has 0 radical (unpaired) electrons. The zero-order chi connectivity index (χ0) is 32.9. The van der Waals surface area contributed by atoms with Crippen molar-refractivity contribution in [3.05, 3.63) is 22.3 Å². The van der Waals surface area contributed by atoms with E-state index in [9.17, 15) is 9.59 Å². The number of fused-ring (bicyclic) bond motifs is 1. The smallest absolute Gasteiger partial charge is 0.311 e. The number of rotatable bonds is 20. The summed E-state index contributed by atoms with van der Waals surface area (Å²) in [5, 5.41) is 0. The lowest BCUT2D eigenvalue weighted by Gasteiger charge is -2.30. The Morgan fingerprint density at radius 2 is 1.39 bits per heavy atom. The van der Waals surface area contributed by atoms with Crippen LogP contribution in [-0.4, -0.2) is 37.4 Å². The summed E-state index contributed by atoms with van der Waals surface area (Å²) in [6.07, 6.45) is 18.4. The van der Waals surface area contributed by atoms with Gasteiger partial charge in [0.25, 0.3) is 0 Å². The van der Waals surface area contributed by atoms with Gasteiger partial charge in [0.1, 0.15) is 11.5 Å². The average Bonchev–Trinajstić information content (AvgIpc) is 2.99. The van der Waals surface area contributed by atoms with Gasteiger partial charge in [0, 0.05) is 12.2 Å². The van der Waals surface area contributed by atoms with Crippen molar-refractivity contribution in [3.63, 3.8) is 0 Å². The van der Waals surface area contributed by atoms with Crippen LogP contribution < -0.4 is 9.47 Å². The van der Waals surface area contributed by atoms with E-state index in [-0.39, 0.29) is 24.9 Å². The van der Waals surface area contributed by atoms with Gasteiger partial charge in [0.05, 0.1) is 31.7 Å². The molecule has 6 nitrogen and oxygen atoms in total. The molecule has 0 aromatic heterocycles. The third-order valence-corrected chi connectivity index (χ3v) is 8.33. The molecular weight excluding hydrogens is 552 g/mol. The Bertz CT molecular complexity index is 951. The predicted molar refractivity (Wildman–Crippen MR) is 182 cm³/mol. The first-order valence-corrected chi connectivity index (χ1v) is 17.8. The molecule has 0 fully saturated rings. The van der Waals surface area contributed by atoms with Gasteiger partial charge in [-0.15, -0.1) is 0 Å². The third kappa shape index (κ3) is 16.3. The lowest BCUT2D eigenvalue weighted by Crippen LogP contribution is -2.25. The maximum atomic E-state index is 12.4. The number of carbonyl (C=O) groups excluding carboxylic acids is 2. The highest BCUT2D eigenvalue weighted by Gasteiger charge is 2.27. The van der Waals surface area contributed by atoms with Crippen LogP contribution in [0.15, 0.2) is 0 Å². The Kier molecular flexibility index (Phi) is 21.1. The molecule has 6 heteroatoms. The van der Waals surface area contributed by atoms with Gasteiger partial charge < -0.3 is 18.9 Å². The number of ether oxygens (including phenoxy) is 4. The third-order valence-electron chi connectivity index (χ3n) is 8.33. The first-order chi connectivity index (χ1) is 21.0. The standard InChI is InChI=1S/C32H52O5.C6H14O/c1-7-35-29(33)21-22-30(34)37-31-24(4)25(5)32-28(26(31)6)20-19-27(36-32)18-16-14-12-10-8-9-11-13-15-17-23(2)3;1-4-5-7-6(2)3/h23,27H,7-22H2,1-6H3;6H,4-5H2,1-3H3. The van der Waals surface area contributed by atoms with Crippen LogP contribution in [0.3, 0.4) is 0 Å². The molecule has 0 bridgehead atoms. The molecule has 1 atom stereocenters. The Morgan fingerprint density at radius 3 is 1.93 bits per heavy atom. The van der Waals surface area contributed by atoms with Crippen LogP contribution in [0, 0.1) is 26.7 Å². The minimum Gasteiger partial charge on any atom is -0.490 e. The summed E-state index contributed by atoms with van der Waals surface area (Å²) in [6.45, 7) is 19.9. The Morgan fingerprint density at radius 1 is 0.795 bits per heavy atom. The summed E-state index contributed by atoms with van der Waals surface area (Å²) < 4.78 is 22.3. The fraction of sp³-hybridized carbons (Fsp3) is 0.789. The summed E-state index contributed by atoms with van der Waals surface area (Å²) in [6, 6.07) is 0. The first kappa shape index (κ1) is 39.9. The zero-order valence-corrected chi connectivity index (χ0v) is 29.9. The van der Waals surface area contributed by atoms with Gasteiger partial charge in [-0.25, -0.2) is 0 Å². The Labute approximate surface area is 270 Å². The molecule has 0 amide bonds. The van der Waals surface area contributed by atoms with E-state index in [0.717, 1.165) is 66.2 Å². The molecule has 0 saturated heterocycles. The molecule has 1 aromatic carbocycles. The molecule has 254 valence electrons. The number of hydrogen-bond donors (Lipinski definition) is 0. The lowest BCUT2D eigenvalue weighted by atomic mass is 9.90. The minimum atomic E-state index is -0.403. The van der Waals surface area contributed by atoms with Crippen LogP contribution in [0.5, 0.6) is 11.5 Å². The van der Waals surface area contributed by atoms with Crippen LogP contribution in [0.1, 0.15) is 160 Å². The first-order valence-electron chi connectivity index (χ1n) is 17.8. The monoisotopic (exact) mass is 618 g/mol. The predicted octanol–water partition coefficient (Wildman–Crippen LogP) is 10.3. The molecule has 1 unspecified atom stereocenters. The summed E-state index contributed by atoms with van der Waals surface area (Å²) in [7, 11) is 0. The normalized spacial score (nSPS) is 14.1. The molecule has 44 heavy (non-hydrogen) atoms. The van der Waals surface area contributed by atoms with E-state index in [4.69, 9.17) is 18.9 Å². The topological polar surface area (TPSA) is 71.1 Å². The van der Waals surface area contributed by atoms with E-state index in [1.807, 2.05) is 13.8 Å². The number of benzene rings is 1. The maximum absolute atomic E-state index is 12.4. The van der Waals surface area contributed by atoms with Crippen molar-refractivity contribution in [2.75, 3.05) is 13.2 Å². The van der Waals surface area contributed by atoms with Gasteiger partial charge in [0.2, 0.25) is 0 Å². The van der Waals surface area contributed by atoms with Crippen molar-refractivity contribution < 1.29 is 28.5 Å². The molecule has 0 aliphatic carbocycles. The van der Waals surface area contributed by atoms with E-state index in [2.05, 4.69) is 41.5 Å². The van der Waals surface area contributed by atoms with E-state index in [0.29, 0.717) is 18.5 Å². The zero-order valence-electron chi connectivity index (χ0n) is 29.9. The summed E-state index contributed by atoms with van der Waals surface area (Å²) >= 11 is 0. The van der Waals surface area contributed by atoms with Crippen molar-refractivity contribution in [1.82, 2.24) is 0 Å². The molecule has 1 heterocycles. The highest BCUT2D eigenvalue weighted by atomic mass is 16.5. The van der Waals surface area contributed by atoms with Crippen molar-refractivity contribution >= 4 is 11.9 Å². The van der Waals surface area contributed by atoms with Crippen molar-refractivity contribution in [3.8, 4) is 11.5 Å². The van der Waals surface area contributed by atoms with Crippen molar-refractivity contribution in [1.29, 1.82) is 0 Å². The van der Waals surface area contributed by atoms with Crippen LogP contribution in [0.4, 0.5) is 0 Å². The maximum Gasteiger partial charge on any atom is 0.311 e. The molecule has 1 aliphatic heterocycles. The second-order valence-corrected chi connectivity index (χ2v) is 13.1. The fourth-order valence-corrected chi connectivity index (χ4v) is 5.62. The molecule has 0 saturated carbocycles. The molecule has 2 rings (SSSR count). The van der Waals surface area contributed by atoms with Crippen molar-refractivity contribution in [2.24, 2.45) is 5.92 Å². The van der Waals surface area contributed by atoms with E-state index in [1.165, 1.54) is 64.2 Å².